The number of hydrogen-bond donors (Lipinski definition) is 1. The molecule has 10 nitrogen and oxygen atoms in total. The number of aliphatic hydroxyl groups excluding tert-OH is 1. The van der Waals surface area contributed by atoms with Gasteiger partial charge in [0.2, 0.25) is 17.7 Å². The highest BCUT2D eigenvalue weighted by atomic mass is 16.6. The third-order valence-corrected chi connectivity index (χ3v) is 10.8. The summed E-state index contributed by atoms with van der Waals surface area (Å²) in [5, 5.41) is 10.8. The molecule has 49 heavy (non-hydrogen) atoms. The van der Waals surface area contributed by atoms with Crippen LogP contribution in [0.1, 0.15) is 69.7 Å². The van der Waals surface area contributed by atoms with E-state index in [0.717, 1.165) is 12.8 Å². The molecule has 6 rings (SSSR count). The van der Waals surface area contributed by atoms with E-state index in [1.54, 1.807) is 29.0 Å². The van der Waals surface area contributed by atoms with Crippen LogP contribution in [-0.2, 0) is 28.7 Å². The number of hydrogen-bond acceptors (Lipinski definition) is 7. The number of ether oxygens (including phenoxy) is 2. The summed E-state index contributed by atoms with van der Waals surface area (Å²) >= 11 is 0. The zero-order valence-corrected chi connectivity index (χ0v) is 28.7. The van der Waals surface area contributed by atoms with Crippen molar-refractivity contribution in [2.24, 2.45) is 11.8 Å². The number of amides is 3. The monoisotopic (exact) mass is 669 g/mol. The molecule has 0 radical (unpaired) electrons. The SMILES string of the molecule is CCCC(C)N1C/C=C\CCC(=O)N(C)[C@@H](C)[C@H](c2ccccc2)OC(=O)[C@@H]2[C@H]3C(=O)N([C@H](CO)c4ccccc4)[C@H](C1=O)[C@]31C=C[C@H]2O1. The van der Waals surface area contributed by atoms with Gasteiger partial charge in [-0.05, 0) is 37.8 Å². The Labute approximate surface area is 288 Å². The summed E-state index contributed by atoms with van der Waals surface area (Å²) in [4.78, 5) is 62.5. The van der Waals surface area contributed by atoms with E-state index < -0.39 is 66.3 Å². The maximum Gasteiger partial charge on any atom is 0.313 e. The molecule has 2 aromatic rings. The van der Waals surface area contributed by atoms with Crippen molar-refractivity contribution in [2.75, 3.05) is 20.2 Å². The molecular weight excluding hydrogens is 622 g/mol. The summed E-state index contributed by atoms with van der Waals surface area (Å²) in [7, 11) is 1.71. The van der Waals surface area contributed by atoms with Crippen LogP contribution in [0.4, 0.5) is 0 Å². The van der Waals surface area contributed by atoms with Crippen LogP contribution in [0.5, 0.6) is 0 Å². The van der Waals surface area contributed by atoms with Crippen LogP contribution in [0.15, 0.2) is 85.0 Å². The number of carbonyl (C=O) groups excluding carboxylic acids is 4. The fraction of sp³-hybridized carbons (Fsp3) is 0.487. The number of carbonyl (C=O) groups is 4. The second kappa shape index (κ2) is 14.3. The fourth-order valence-corrected chi connectivity index (χ4v) is 8.15. The smallest absolute Gasteiger partial charge is 0.313 e. The Hall–Kier alpha value is -4.28. The zero-order valence-electron chi connectivity index (χ0n) is 28.7. The third kappa shape index (κ3) is 6.10. The van der Waals surface area contributed by atoms with Gasteiger partial charge in [-0.2, -0.15) is 0 Å². The molecule has 1 N–H and O–H groups in total. The molecule has 9 atom stereocenters. The Balaban J connectivity index is 1.49. The predicted octanol–water partition coefficient (Wildman–Crippen LogP) is 4.37. The maximum atomic E-state index is 15.0. The number of aliphatic hydroxyl groups is 1. The number of allylic oxidation sites excluding steroid dienone is 1. The Kier molecular flexibility index (Phi) is 10.1. The molecule has 2 aromatic carbocycles. The number of benzene rings is 2. The normalized spacial score (nSPS) is 32.3. The van der Waals surface area contributed by atoms with E-state index in [9.17, 15) is 19.5 Å². The van der Waals surface area contributed by atoms with E-state index in [1.807, 2.05) is 86.7 Å². The van der Waals surface area contributed by atoms with Gasteiger partial charge in [0, 0.05) is 26.1 Å². The van der Waals surface area contributed by atoms with Crippen molar-refractivity contribution in [1.82, 2.24) is 14.7 Å². The van der Waals surface area contributed by atoms with Gasteiger partial charge in [-0.1, -0.05) is 98.3 Å². The van der Waals surface area contributed by atoms with Crippen LogP contribution in [0.25, 0.3) is 0 Å². The van der Waals surface area contributed by atoms with Gasteiger partial charge in [-0.3, -0.25) is 19.2 Å². The average Bonchev–Trinajstić information content (AvgIpc) is 3.76. The molecule has 4 aliphatic rings. The van der Waals surface area contributed by atoms with Crippen molar-refractivity contribution in [1.29, 1.82) is 0 Å². The van der Waals surface area contributed by atoms with Crippen LogP contribution in [-0.4, -0.2) is 93.5 Å². The first-order valence-electron chi connectivity index (χ1n) is 17.5. The van der Waals surface area contributed by atoms with Gasteiger partial charge in [0.25, 0.3) is 0 Å². The van der Waals surface area contributed by atoms with Crippen LogP contribution < -0.4 is 0 Å². The largest absolute Gasteiger partial charge is 0.455 e. The highest BCUT2D eigenvalue weighted by molar-refractivity contribution is 5.99. The highest BCUT2D eigenvalue weighted by Gasteiger charge is 2.74. The number of fused-ring (bicyclic) bond motifs is 2. The maximum absolute atomic E-state index is 15.0. The van der Waals surface area contributed by atoms with Gasteiger partial charge in [0.1, 0.15) is 23.7 Å². The number of likely N-dealkylation sites (tertiary alicyclic amines) is 1. The highest BCUT2D eigenvalue weighted by Crippen LogP contribution is 2.57. The van der Waals surface area contributed by atoms with Crippen molar-refractivity contribution in [3.05, 3.63) is 96.1 Å². The van der Waals surface area contributed by atoms with E-state index in [4.69, 9.17) is 9.47 Å². The minimum atomic E-state index is -1.44. The van der Waals surface area contributed by atoms with Crippen molar-refractivity contribution >= 4 is 23.7 Å². The molecule has 1 spiro atoms. The van der Waals surface area contributed by atoms with Gasteiger partial charge in [0.05, 0.1) is 30.7 Å². The molecule has 1 unspecified atom stereocenters. The number of likely N-dealkylation sites (N-methyl/N-ethyl adjacent to an activating group) is 1. The van der Waals surface area contributed by atoms with E-state index >= 15 is 4.79 Å². The summed E-state index contributed by atoms with van der Waals surface area (Å²) in [6.07, 6.45) is 8.04. The lowest BCUT2D eigenvalue weighted by molar-refractivity contribution is -0.164. The molecule has 4 aliphatic heterocycles. The van der Waals surface area contributed by atoms with Crippen LogP contribution in [0.3, 0.4) is 0 Å². The number of rotatable bonds is 7. The van der Waals surface area contributed by atoms with E-state index in [0.29, 0.717) is 17.5 Å². The minimum Gasteiger partial charge on any atom is -0.455 e. The van der Waals surface area contributed by atoms with Crippen molar-refractivity contribution in [3.63, 3.8) is 0 Å². The van der Waals surface area contributed by atoms with Crippen molar-refractivity contribution in [2.45, 2.75) is 88.4 Å². The zero-order chi connectivity index (χ0) is 34.9. The Bertz CT molecular complexity index is 1600. The summed E-state index contributed by atoms with van der Waals surface area (Å²) in [5.41, 5.74) is -0.0497. The molecule has 2 fully saturated rings. The minimum absolute atomic E-state index is 0.100. The Morgan fingerprint density at radius 3 is 2.35 bits per heavy atom. The topological polar surface area (TPSA) is 117 Å². The molecule has 0 aromatic heterocycles. The molecule has 4 heterocycles. The lowest BCUT2D eigenvalue weighted by Crippen LogP contribution is -2.58. The Morgan fingerprint density at radius 1 is 0.980 bits per heavy atom. The molecule has 260 valence electrons. The first-order valence-corrected chi connectivity index (χ1v) is 17.5. The predicted molar refractivity (Wildman–Crippen MR) is 183 cm³/mol. The van der Waals surface area contributed by atoms with Crippen LogP contribution in [0, 0.1) is 11.8 Å². The van der Waals surface area contributed by atoms with Crippen molar-refractivity contribution < 1.29 is 33.8 Å². The summed E-state index contributed by atoms with van der Waals surface area (Å²) < 4.78 is 13.0. The van der Waals surface area contributed by atoms with Gasteiger partial charge >= 0.3 is 5.97 Å². The van der Waals surface area contributed by atoms with E-state index in [1.165, 1.54) is 4.90 Å². The molecule has 0 saturated carbocycles. The van der Waals surface area contributed by atoms with Gasteiger partial charge in [-0.15, -0.1) is 0 Å². The number of cyclic esters (lactones) is 1. The fourth-order valence-electron chi connectivity index (χ4n) is 8.15. The second-order valence-electron chi connectivity index (χ2n) is 13.7. The first-order chi connectivity index (χ1) is 23.6. The standard InChI is InChI=1S/C39H47N3O7/c1-5-15-25(2)41-23-14-8-13-20-31(44)40(4)26(3)34(28-18-11-7-12-19-28)48-38(47)32-30-21-22-39(49-30)33(32)36(45)42(35(39)37(41)46)29(24-43)27-16-9-6-10-17-27/h6-12,14,16-19,21-22,25-26,29-30,32-35,43H,5,13,15,20,23-24H2,1-4H3/b14-8-/t25?,26-,29+,30+,32-,33-,34+,35+,39-/m0/s1. The molecule has 2 saturated heterocycles. The Morgan fingerprint density at radius 2 is 1.67 bits per heavy atom. The summed E-state index contributed by atoms with van der Waals surface area (Å²) in [6.45, 7) is 5.73. The van der Waals surface area contributed by atoms with E-state index in [2.05, 4.69) is 6.92 Å². The van der Waals surface area contributed by atoms with Crippen LogP contribution in [0.2, 0.25) is 0 Å². The van der Waals surface area contributed by atoms with E-state index in [-0.39, 0.29) is 30.8 Å². The summed E-state index contributed by atoms with van der Waals surface area (Å²) in [5.74, 6) is -3.58. The lowest BCUT2D eigenvalue weighted by atomic mass is 9.74. The molecule has 3 amide bonds. The quantitative estimate of drug-likeness (QED) is 0.344. The molecule has 0 aliphatic carbocycles. The number of nitrogens with zero attached hydrogens (tertiary/aromatic N) is 3. The van der Waals surface area contributed by atoms with Gasteiger partial charge < -0.3 is 29.3 Å². The van der Waals surface area contributed by atoms with Crippen molar-refractivity contribution in [3.8, 4) is 0 Å². The first kappa shape index (κ1) is 34.6. The van der Waals surface area contributed by atoms with Crippen LogP contribution >= 0.6 is 0 Å². The molecule has 10 heteroatoms. The second-order valence-corrected chi connectivity index (χ2v) is 13.7. The average molecular weight is 670 g/mol. The van der Waals surface area contributed by atoms with Gasteiger partial charge in [0.15, 0.2) is 0 Å². The van der Waals surface area contributed by atoms with Gasteiger partial charge in [-0.25, -0.2) is 0 Å². The third-order valence-electron chi connectivity index (χ3n) is 10.8. The molecule has 5 bridgehead atoms. The molecular formula is C39H47N3O7. The lowest BCUT2D eigenvalue weighted by Gasteiger charge is -2.40. The summed E-state index contributed by atoms with van der Waals surface area (Å²) in [6, 6.07) is 15.7. The number of esters is 1.